The molecule has 3 fully saturated rings. The van der Waals surface area contributed by atoms with Gasteiger partial charge in [-0.2, -0.15) is 0 Å². The van der Waals surface area contributed by atoms with Gasteiger partial charge in [0.25, 0.3) is 0 Å². The number of amides is 1. The maximum Gasteiger partial charge on any atom is 0.246 e. The first-order valence-corrected chi connectivity index (χ1v) is 14.4. The molecule has 5 aliphatic rings. The Kier molecular flexibility index (Phi) is 5.53. The second-order valence-electron chi connectivity index (χ2n) is 11.9. The van der Waals surface area contributed by atoms with Gasteiger partial charge in [-0.1, -0.05) is 12.1 Å². The molecule has 200 valence electrons. The molecule has 0 radical (unpaired) electrons. The summed E-state index contributed by atoms with van der Waals surface area (Å²) in [5.74, 6) is 0.715. The summed E-state index contributed by atoms with van der Waals surface area (Å²) in [6, 6.07) is 8.17. The summed E-state index contributed by atoms with van der Waals surface area (Å²) in [5.41, 5.74) is 1.04. The number of hydrogen-bond acceptors (Lipinski definition) is 5. The number of benzene rings is 2. The molecule has 8 heteroatoms. The third-order valence-corrected chi connectivity index (χ3v) is 10.6. The Balaban J connectivity index is 1.23. The van der Waals surface area contributed by atoms with Crippen LogP contribution < -0.4 is 4.74 Å². The Bertz CT molecular complexity index is 1360. The van der Waals surface area contributed by atoms with Crippen molar-refractivity contribution < 1.29 is 24.1 Å². The zero-order valence-corrected chi connectivity index (χ0v) is 23.0. The van der Waals surface area contributed by atoms with Crippen molar-refractivity contribution in [2.45, 2.75) is 67.7 Å². The number of likely N-dealkylation sites (N-methyl/N-ethyl adjacent to an activating group) is 1. The van der Waals surface area contributed by atoms with Crippen LogP contribution in [-0.2, 0) is 16.6 Å². The SMILES string of the molecule is CN(C(=O)/C=C/c1ccc(Br)c(F)c1)C1CC[C@@]2(O)[C@H]3Cc4ccc(O)c5c4[C@@]2(CCN3CC2CC2)C1O5. The predicted molar refractivity (Wildman–Crippen MR) is 144 cm³/mol. The Morgan fingerprint density at radius 1 is 1.26 bits per heavy atom. The largest absolute Gasteiger partial charge is 0.504 e. The molecule has 0 aromatic heterocycles. The van der Waals surface area contributed by atoms with Crippen LogP contribution in [0.5, 0.6) is 11.5 Å². The van der Waals surface area contributed by atoms with E-state index in [-0.39, 0.29) is 29.6 Å². The van der Waals surface area contributed by atoms with Gasteiger partial charge in [0.1, 0.15) is 11.9 Å². The number of carbonyl (C=O) groups is 1. The Labute approximate surface area is 230 Å². The molecule has 2 bridgehead atoms. The maximum absolute atomic E-state index is 14.0. The Morgan fingerprint density at radius 2 is 2.08 bits per heavy atom. The van der Waals surface area contributed by atoms with E-state index in [0.29, 0.717) is 28.6 Å². The molecule has 3 aliphatic carbocycles. The lowest BCUT2D eigenvalue weighted by molar-refractivity contribution is -0.200. The molecule has 2 aromatic rings. The summed E-state index contributed by atoms with van der Waals surface area (Å²) < 4.78 is 20.9. The number of nitrogens with zero attached hydrogens (tertiary/aromatic N) is 2. The van der Waals surface area contributed by atoms with Crippen molar-refractivity contribution in [3.05, 3.63) is 63.4 Å². The molecule has 2 aromatic carbocycles. The number of hydrogen-bond donors (Lipinski definition) is 2. The molecule has 38 heavy (non-hydrogen) atoms. The van der Waals surface area contributed by atoms with E-state index in [2.05, 4.69) is 20.8 Å². The minimum Gasteiger partial charge on any atom is -0.504 e. The van der Waals surface area contributed by atoms with Crippen LogP contribution in [0, 0.1) is 11.7 Å². The number of aromatic hydroxyl groups is 1. The highest BCUT2D eigenvalue weighted by Gasteiger charge is 2.73. The van der Waals surface area contributed by atoms with E-state index in [9.17, 15) is 19.4 Å². The molecular formula is C30H32BrFN2O4. The highest BCUT2D eigenvalue weighted by Crippen LogP contribution is 2.66. The number of piperidine rings is 1. The van der Waals surface area contributed by atoms with Gasteiger partial charge in [0.15, 0.2) is 11.5 Å². The van der Waals surface area contributed by atoms with E-state index in [1.54, 1.807) is 36.2 Å². The first kappa shape index (κ1) is 24.6. The van der Waals surface area contributed by atoms with Crippen LogP contribution in [0.2, 0.25) is 0 Å². The summed E-state index contributed by atoms with van der Waals surface area (Å²) in [6.45, 7) is 1.90. The Morgan fingerprint density at radius 3 is 2.84 bits per heavy atom. The fourth-order valence-corrected chi connectivity index (χ4v) is 8.16. The van der Waals surface area contributed by atoms with Crippen LogP contribution in [0.15, 0.2) is 40.9 Å². The highest BCUT2D eigenvalue weighted by molar-refractivity contribution is 9.10. The molecule has 2 heterocycles. The van der Waals surface area contributed by atoms with Gasteiger partial charge < -0.3 is 19.8 Å². The number of likely N-dealkylation sites (tertiary alicyclic amines) is 1. The maximum atomic E-state index is 14.0. The van der Waals surface area contributed by atoms with E-state index < -0.39 is 17.1 Å². The lowest BCUT2D eigenvalue weighted by Crippen LogP contribution is -2.78. The molecule has 7 rings (SSSR count). The fourth-order valence-electron chi connectivity index (χ4n) is 7.92. The fraction of sp³-hybridized carbons (Fsp3) is 0.500. The van der Waals surface area contributed by atoms with Crippen LogP contribution in [0.4, 0.5) is 4.39 Å². The van der Waals surface area contributed by atoms with E-state index in [1.807, 2.05) is 6.07 Å². The van der Waals surface area contributed by atoms with Crippen molar-refractivity contribution in [2.24, 2.45) is 5.92 Å². The van der Waals surface area contributed by atoms with Gasteiger partial charge in [0.05, 0.1) is 21.5 Å². The lowest BCUT2D eigenvalue weighted by Gasteiger charge is -2.64. The summed E-state index contributed by atoms with van der Waals surface area (Å²) >= 11 is 3.16. The number of halogens is 2. The topological polar surface area (TPSA) is 73.2 Å². The van der Waals surface area contributed by atoms with Gasteiger partial charge in [-0.25, -0.2) is 4.39 Å². The molecule has 5 atom stereocenters. The van der Waals surface area contributed by atoms with Crippen molar-refractivity contribution in [1.29, 1.82) is 0 Å². The van der Waals surface area contributed by atoms with Gasteiger partial charge in [-0.15, -0.1) is 0 Å². The van der Waals surface area contributed by atoms with Gasteiger partial charge >= 0.3 is 0 Å². The van der Waals surface area contributed by atoms with Crippen LogP contribution in [0.3, 0.4) is 0 Å². The molecule has 1 saturated heterocycles. The van der Waals surface area contributed by atoms with Crippen molar-refractivity contribution in [2.75, 3.05) is 20.1 Å². The molecule has 1 spiro atoms. The number of carbonyl (C=O) groups excluding carboxylic acids is 1. The third-order valence-electron chi connectivity index (χ3n) is 9.94. The van der Waals surface area contributed by atoms with Crippen LogP contribution in [0.1, 0.15) is 48.8 Å². The minimum atomic E-state index is -0.984. The van der Waals surface area contributed by atoms with Crippen molar-refractivity contribution in [1.82, 2.24) is 9.80 Å². The number of ether oxygens (including phenoxy) is 1. The zero-order valence-electron chi connectivity index (χ0n) is 21.4. The molecule has 2 aliphatic heterocycles. The quantitative estimate of drug-likeness (QED) is 0.511. The lowest BCUT2D eigenvalue weighted by atomic mass is 9.48. The zero-order chi connectivity index (χ0) is 26.4. The molecular weight excluding hydrogens is 551 g/mol. The highest BCUT2D eigenvalue weighted by atomic mass is 79.9. The smallest absolute Gasteiger partial charge is 0.246 e. The van der Waals surface area contributed by atoms with E-state index >= 15 is 0 Å². The second-order valence-corrected chi connectivity index (χ2v) is 12.7. The molecule has 2 N–H and O–H groups in total. The first-order chi connectivity index (χ1) is 18.2. The summed E-state index contributed by atoms with van der Waals surface area (Å²) in [6.07, 6.45) is 7.80. The van der Waals surface area contributed by atoms with Crippen LogP contribution in [-0.4, -0.2) is 69.8 Å². The Hall–Kier alpha value is -2.42. The summed E-state index contributed by atoms with van der Waals surface area (Å²) in [4.78, 5) is 17.6. The standard InChI is InChI=1S/C30H32BrFN2O4/c1-33(25(36)9-5-17-4-7-20(31)21(32)14-17)22-10-11-30(37)24-15-19-6-8-23(35)27-26(19)29(30,28(22)38-27)12-13-34(24)16-18-2-3-18/h4-9,14,18,22,24,28,35,37H,2-3,10-13,15-16H2,1H3/b9-5+/t22?,24-,28?,29+,30-/m1/s1. The van der Waals surface area contributed by atoms with Gasteiger partial charge in [-0.05, 0) is 102 Å². The van der Waals surface area contributed by atoms with Gasteiger partial charge in [0, 0.05) is 31.3 Å². The average molecular weight is 583 g/mol. The number of rotatable bonds is 5. The average Bonchev–Trinajstić information content (AvgIpc) is 3.64. The summed E-state index contributed by atoms with van der Waals surface area (Å²) in [5, 5.41) is 23.4. The van der Waals surface area contributed by atoms with Gasteiger partial charge in [0.2, 0.25) is 5.91 Å². The van der Waals surface area contributed by atoms with E-state index in [0.717, 1.165) is 43.0 Å². The summed E-state index contributed by atoms with van der Waals surface area (Å²) in [7, 11) is 1.77. The van der Waals surface area contributed by atoms with Crippen molar-refractivity contribution in [3.63, 3.8) is 0 Å². The number of aliphatic hydroxyl groups is 1. The van der Waals surface area contributed by atoms with Gasteiger partial charge in [-0.3, -0.25) is 9.69 Å². The normalized spacial score (nSPS) is 33.2. The molecule has 6 nitrogen and oxygen atoms in total. The van der Waals surface area contributed by atoms with Crippen LogP contribution in [0.25, 0.3) is 6.08 Å². The molecule has 1 amide bonds. The monoisotopic (exact) mass is 582 g/mol. The van der Waals surface area contributed by atoms with Crippen LogP contribution >= 0.6 is 15.9 Å². The van der Waals surface area contributed by atoms with Crippen molar-refractivity contribution in [3.8, 4) is 11.5 Å². The molecule has 2 saturated carbocycles. The predicted octanol–water partition coefficient (Wildman–Crippen LogP) is 4.40. The van der Waals surface area contributed by atoms with E-state index in [1.165, 1.54) is 25.0 Å². The minimum absolute atomic E-state index is 0.0000903. The van der Waals surface area contributed by atoms with E-state index in [4.69, 9.17) is 4.74 Å². The first-order valence-electron chi connectivity index (χ1n) is 13.6. The third kappa shape index (κ3) is 3.39. The number of phenols is 1. The van der Waals surface area contributed by atoms with Crippen molar-refractivity contribution >= 4 is 27.9 Å². The molecule has 2 unspecified atom stereocenters. The second kappa shape index (κ2) is 8.54. The number of phenolic OH excluding ortho intramolecular Hbond substituents is 1.